The Bertz CT molecular complexity index is 3140. The molecular weight excluding hydrogens is 661 g/mol. The fraction of sp³-hybridized carbons (Fsp3) is 0. The van der Waals surface area contributed by atoms with Gasteiger partial charge in [0.05, 0.1) is 16.6 Å². The zero-order valence-electron chi connectivity index (χ0n) is 29.0. The zero-order valence-corrected chi connectivity index (χ0v) is 29.0. The van der Waals surface area contributed by atoms with Gasteiger partial charge in [0.15, 0.2) is 17.5 Å². The highest BCUT2D eigenvalue weighted by Crippen LogP contribution is 2.42. The van der Waals surface area contributed by atoms with Gasteiger partial charge in [0.25, 0.3) is 0 Å². The lowest BCUT2D eigenvalue weighted by atomic mass is 9.98. The molecule has 11 rings (SSSR count). The van der Waals surface area contributed by atoms with Crippen LogP contribution in [0.25, 0.3) is 105 Å². The smallest absolute Gasteiger partial charge is 0.167 e. The van der Waals surface area contributed by atoms with Gasteiger partial charge in [0, 0.05) is 38.4 Å². The minimum atomic E-state index is 0.568. The number of furan rings is 1. The molecule has 0 unspecified atom stereocenters. The molecule has 0 atom stereocenters. The van der Waals surface area contributed by atoms with Gasteiger partial charge in [-0.25, -0.2) is 15.0 Å². The van der Waals surface area contributed by atoms with E-state index in [1.54, 1.807) is 0 Å². The predicted molar refractivity (Wildman–Crippen MR) is 221 cm³/mol. The molecule has 0 fully saturated rings. The highest BCUT2D eigenvalue weighted by Gasteiger charge is 2.21. The van der Waals surface area contributed by atoms with E-state index in [4.69, 9.17) is 19.4 Å². The number of para-hydroxylation sites is 2. The normalized spacial score (nSPS) is 11.7. The molecule has 0 bridgehead atoms. The molecular formula is C49H30N4O. The second-order valence-corrected chi connectivity index (χ2v) is 13.6. The van der Waals surface area contributed by atoms with Gasteiger partial charge in [0.2, 0.25) is 0 Å². The van der Waals surface area contributed by atoms with Gasteiger partial charge in [-0.05, 0) is 70.4 Å². The second kappa shape index (κ2) is 12.1. The molecule has 5 heteroatoms. The molecule has 0 amide bonds. The molecule has 0 N–H and O–H groups in total. The number of rotatable bonds is 5. The van der Waals surface area contributed by atoms with Crippen LogP contribution in [-0.2, 0) is 0 Å². The van der Waals surface area contributed by atoms with Crippen molar-refractivity contribution < 1.29 is 4.42 Å². The highest BCUT2D eigenvalue weighted by molar-refractivity contribution is 6.22. The largest absolute Gasteiger partial charge is 0.455 e. The van der Waals surface area contributed by atoms with Crippen molar-refractivity contribution in [2.24, 2.45) is 0 Å². The summed E-state index contributed by atoms with van der Waals surface area (Å²) in [5, 5.41) is 6.75. The first kappa shape index (κ1) is 30.3. The quantitative estimate of drug-likeness (QED) is 0.180. The number of benzene rings is 8. The van der Waals surface area contributed by atoms with E-state index >= 15 is 0 Å². The van der Waals surface area contributed by atoms with Gasteiger partial charge in [-0.2, -0.15) is 0 Å². The Kier molecular flexibility index (Phi) is 6.79. The Labute approximate surface area is 310 Å². The van der Waals surface area contributed by atoms with Crippen LogP contribution < -0.4 is 0 Å². The highest BCUT2D eigenvalue weighted by atomic mass is 16.3. The van der Waals surface area contributed by atoms with Crippen molar-refractivity contribution in [2.75, 3.05) is 0 Å². The topological polar surface area (TPSA) is 56.7 Å². The maximum absolute atomic E-state index is 6.91. The number of hydrogen-bond donors (Lipinski definition) is 0. The molecule has 0 aliphatic carbocycles. The molecule has 3 heterocycles. The number of fused-ring (bicyclic) bond motifs is 8. The van der Waals surface area contributed by atoms with Gasteiger partial charge >= 0.3 is 0 Å². The summed E-state index contributed by atoms with van der Waals surface area (Å²) in [7, 11) is 0. The van der Waals surface area contributed by atoms with Gasteiger partial charge in [-0.3, -0.25) is 0 Å². The lowest BCUT2D eigenvalue weighted by Gasteiger charge is -2.10. The minimum Gasteiger partial charge on any atom is -0.455 e. The first-order valence-corrected chi connectivity index (χ1v) is 18.1. The molecule has 5 nitrogen and oxygen atoms in total. The summed E-state index contributed by atoms with van der Waals surface area (Å²) in [5.74, 6) is 1.80. The lowest BCUT2D eigenvalue weighted by Crippen LogP contribution is -2.00. The van der Waals surface area contributed by atoms with Crippen molar-refractivity contribution >= 4 is 54.5 Å². The Morgan fingerprint density at radius 2 is 0.963 bits per heavy atom. The molecule has 0 saturated carbocycles. The standard InChI is InChI=1S/C49H30N4O/c1-4-14-31(15-5-1)47-50-48(32-16-6-2-7-17-32)52-49(51-47)41-29-35-18-10-11-21-37(35)45-39-26-24-34(30-44(39)54-46(41)45)33-25-27-43-40(28-33)38-22-12-13-23-42(38)53(43)36-19-8-3-9-20-36/h1-30H. The number of hydrogen-bond acceptors (Lipinski definition) is 4. The molecule has 54 heavy (non-hydrogen) atoms. The molecule has 8 aromatic carbocycles. The van der Waals surface area contributed by atoms with E-state index in [0.29, 0.717) is 17.5 Å². The summed E-state index contributed by atoms with van der Waals surface area (Å²) < 4.78 is 9.26. The third kappa shape index (κ3) is 4.83. The first-order chi connectivity index (χ1) is 26.8. The van der Waals surface area contributed by atoms with E-state index in [0.717, 1.165) is 66.2 Å². The average molecular weight is 691 g/mol. The fourth-order valence-corrected chi connectivity index (χ4v) is 7.91. The van der Waals surface area contributed by atoms with E-state index < -0.39 is 0 Å². The zero-order chi connectivity index (χ0) is 35.6. The monoisotopic (exact) mass is 690 g/mol. The Hall–Kier alpha value is -7.37. The van der Waals surface area contributed by atoms with E-state index in [-0.39, 0.29) is 0 Å². The van der Waals surface area contributed by atoms with Crippen molar-refractivity contribution in [3.05, 3.63) is 182 Å². The molecule has 11 aromatic rings. The molecule has 3 aromatic heterocycles. The summed E-state index contributed by atoms with van der Waals surface area (Å²) in [6.45, 7) is 0. The average Bonchev–Trinajstić information content (AvgIpc) is 3.80. The van der Waals surface area contributed by atoms with Gasteiger partial charge in [-0.15, -0.1) is 0 Å². The van der Waals surface area contributed by atoms with Crippen LogP contribution in [0.2, 0.25) is 0 Å². The fourth-order valence-electron chi connectivity index (χ4n) is 7.91. The lowest BCUT2D eigenvalue weighted by molar-refractivity contribution is 0.670. The first-order valence-electron chi connectivity index (χ1n) is 18.1. The van der Waals surface area contributed by atoms with Crippen LogP contribution in [0.5, 0.6) is 0 Å². The minimum absolute atomic E-state index is 0.568. The van der Waals surface area contributed by atoms with Crippen LogP contribution >= 0.6 is 0 Å². The van der Waals surface area contributed by atoms with Crippen LogP contribution in [-0.4, -0.2) is 19.5 Å². The van der Waals surface area contributed by atoms with Crippen molar-refractivity contribution in [2.45, 2.75) is 0 Å². The van der Waals surface area contributed by atoms with E-state index in [1.165, 1.54) is 21.8 Å². The molecule has 0 radical (unpaired) electrons. The van der Waals surface area contributed by atoms with Crippen molar-refractivity contribution in [3.63, 3.8) is 0 Å². The van der Waals surface area contributed by atoms with E-state index in [1.807, 2.05) is 60.7 Å². The van der Waals surface area contributed by atoms with E-state index in [2.05, 4.69) is 126 Å². The third-order valence-corrected chi connectivity index (χ3v) is 10.4. The van der Waals surface area contributed by atoms with Crippen LogP contribution in [0.3, 0.4) is 0 Å². The number of aromatic nitrogens is 4. The van der Waals surface area contributed by atoms with Crippen LogP contribution in [0, 0.1) is 0 Å². The Morgan fingerprint density at radius 1 is 0.389 bits per heavy atom. The molecule has 252 valence electrons. The maximum atomic E-state index is 6.91. The van der Waals surface area contributed by atoms with Crippen molar-refractivity contribution in [1.29, 1.82) is 0 Å². The summed E-state index contributed by atoms with van der Waals surface area (Å²) in [4.78, 5) is 15.1. The SMILES string of the molecule is c1ccc(-c2nc(-c3ccccc3)nc(-c3cc4ccccc4c4c3oc3cc(-c5ccc6c(c5)c5ccccc5n6-c5ccccc5)ccc34)n2)cc1. The van der Waals surface area contributed by atoms with Crippen LogP contribution in [0.4, 0.5) is 0 Å². The summed E-state index contributed by atoms with van der Waals surface area (Å²) in [6.07, 6.45) is 0. The maximum Gasteiger partial charge on any atom is 0.167 e. The molecule has 0 spiro atoms. The number of nitrogens with zero attached hydrogens (tertiary/aromatic N) is 4. The van der Waals surface area contributed by atoms with Crippen LogP contribution in [0.15, 0.2) is 186 Å². The summed E-state index contributed by atoms with van der Waals surface area (Å²) in [5.41, 5.74) is 9.97. The van der Waals surface area contributed by atoms with Crippen LogP contribution in [0.1, 0.15) is 0 Å². The third-order valence-electron chi connectivity index (χ3n) is 10.4. The van der Waals surface area contributed by atoms with Crippen molar-refractivity contribution in [3.8, 4) is 51.0 Å². The van der Waals surface area contributed by atoms with Crippen molar-refractivity contribution in [1.82, 2.24) is 19.5 Å². The molecule has 0 aliphatic heterocycles. The van der Waals surface area contributed by atoms with Gasteiger partial charge in [0.1, 0.15) is 11.2 Å². The predicted octanol–water partition coefficient (Wildman–Crippen LogP) is 12.7. The summed E-state index contributed by atoms with van der Waals surface area (Å²) in [6, 6.07) is 63.3. The molecule has 0 aliphatic rings. The summed E-state index contributed by atoms with van der Waals surface area (Å²) >= 11 is 0. The molecule has 0 saturated heterocycles. The second-order valence-electron chi connectivity index (χ2n) is 13.6. The van der Waals surface area contributed by atoms with Gasteiger partial charge < -0.3 is 8.98 Å². The van der Waals surface area contributed by atoms with E-state index in [9.17, 15) is 0 Å². The van der Waals surface area contributed by atoms with Gasteiger partial charge in [-0.1, -0.05) is 133 Å². The Morgan fingerprint density at radius 3 is 1.70 bits per heavy atom. The Balaban J connectivity index is 1.12.